The van der Waals surface area contributed by atoms with Gasteiger partial charge in [-0.1, -0.05) is 0 Å². The van der Waals surface area contributed by atoms with Crippen molar-refractivity contribution in [3.63, 3.8) is 0 Å². The Hall–Kier alpha value is -0.650. The van der Waals surface area contributed by atoms with Gasteiger partial charge in [0.25, 0.3) is 0 Å². The van der Waals surface area contributed by atoms with E-state index in [1.165, 1.54) is 4.88 Å². The minimum atomic E-state index is 0.370. The van der Waals surface area contributed by atoms with Crippen LogP contribution in [0.2, 0.25) is 0 Å². The van der Waals surface area contributed by atoms with Gasteiger partial charge < -0.3 is 15.0 Å². The second kappa shape index (κ2) is 5.12. The van der Waals surface area contributed by atoms with Crippen molar-refractivity contribution in [1.82, 2.24) is 10.3 Å². The molecular weight excluding hydrogens is 222 g/mol. The highest BCUT2D eigenvalue weighted by Gasteiger charge is 2.24. The number of anilines is 1. The Morgan fingerprint density at radius 3 is 3.12 bits per heavy atom. The lowest BCUT2D eigenvalue weighted by Crippen LogP contribution is -2.21. The molecule has 2 heterocycles. The molecule has 0 bridgehead atoms. The van der Waals surface area contributed by atoms with Crippen LogP contribution in [0.15, 0.2) is 6.20 Å². The monoisotopic (exact) mass is 241 g/mol. The summed E-state index contributed by atoms with van der Waals surface area (Å²) in [6.45, 7) is 4.18. The van der Waals surface area contributed by atoms with Crippen molar-refractivity contribution in [3.05, 3.63) is 11.1 Å². The van der Waals surface area contributed by atoms with Crippen LogP contribution in [-0.2, 0) is 4.74 Å². The molecule has 0 radical (unpaired) electrons. The minimum Gasteiger partial charge on any atom is -0.380 e. The molecule has 2 atom stereocenters. The number of ether oxygens (including phenoxy) is 1. The van der Waals surface area contributed by atoms with Crippen LogP contribution in [0.3, 0.4) is 0 Å². The topological polar surface area (TPSA) is 37.4 Å². The van der Waals surface area contributed by atoms with Crippen molar-refractivity contribution in [2.75, 3.05) is 32.1 Å². The summed E-state index contributed by atoms with van der Waals surface area (Å²) in [4.78, 5) is 8.09. The lowest BCUT2D eigenvalue weighted by molar-refractivity contribution is 0.121. The number of methoxy groups -OCH3 is 1. The fourth-order valence-electron chi connectivity index (χ4n) is 1.86. The van der Waals surface area contributed by atoms with E-state index in [9.17, 15) is 0 Å². The highest BCUT2D eigenvalue weighted by atomic mass is 32.1. The first-order chi connectivity index (χ1) is 7.74. The van der Waals surface area contributed by atoms with Crippen molar-refractivity contribution in [3.8, 4) is 0 Å². The fourth-order valence-corrected chi connectivity index (χ4v) is 2.87. The van der Waals surface area contributed by atoms with Gasteiger partial charge >= 0.3 is 0 Å². The third kappa shape index (κ3) is 2.36. The number of thiazole rings is 1. The molecule has 2 unspecified atom stereocenters. The van der Waals surface area contributed by atoms with Crippen molar-refractivity contribution in [1.29, 1.82) is 0 Å². The first-order valence-electron chi connectivity index (χ1n) is 5.65. The molecule has 0 saturated carbocycles. The molecule has 1 aliphatic heterocycles. The average Bonchev–Trinajstić information content (AvgIpc) is 2.95. The number of hydrogen-bond acceptors (Lipinski definition) is 5. The summed E-state index contributed by atoms with van der Waals surface area (Å²) in [5.41, 5.74) is 0. The molecule has 90 valence electrons. The summed E-state index contributed by atoms with van der Waals surface area (Å²) in [6, 6.07) is 0.382. The van der Waals surface area contributed by atoms with Crippen LogP contribution in [0.25, 0.3) is 0 Å². The lowest BCUT2D eigenvalue weighted by Gasteiger charge is -2.14. The van der Waals surface area contributed by atoms with Crippen LogP contribution < -0.4 is 10.2 Å². The second-order valence-corrected chi connectivity index (χ2v) is 5.19. The van der Waals surface area contributed by atoms with Crippen molar-refractivity contribution in [2.45, 2.75) is 25.5 Å². The Balaban J connectivity index is 2.02. The zero-order valence-electron chi connectivity index (χ0n) is 10.1. The van der Waals surface area contributed by atoms with E-state index in [0.717, 1.165) is 24.6 Å². The van der Waals surface area contributed by atoms with E-state index in [2.05, 4.69) is 22.1 Å². The molecule has 16 heavy (non-hydrogen) atoms. The predicted octanol–water partition coefficient (Wildman–Crippen LogP) is 1.65. The minimum absolute atomic E-state index is 0.370. The molecule has 1 N–H and O–H groups in total. The largest absolute Gasteiger partial charge is 0.380 e. The number of nitrogens with one attached hydrogen (secondary N) is 1. The van der Waals surface area contributed by atoms with E-state index in [0.29, 0.717) is 12.1 Å². The van der Waals surface area contributed by atoms with E-state index in [1.807, 2.05) is 13.2 Å². The molecule has 0 amide bonds. The second-order valence-electron chi connectivity index (χ2n) is 4.15. The van der Waals surface area contributed by atoms with Gasteiger partial charge in [-0.2, -0.15) is 0 Å². The van der Waals surface area contributed by atoms with Gasteiger partial charge in [0.1, 0.15) is 0 Å². The molecule has 5 heteroatoms. The smallest absolute Gasteiger partial charge is 0.185 e. The first kappa shape index (κ1) is 11.8. The van der Waals surface area contributed by atoms with Gasteiger partial charge in [-0.3, -0.25) is 0 Å². The predicted molar refractivity (Wildman–Crippen MR) is 67.2 cm³/mol. The molecular formula is C11H19N3OS. The maximum Gasteiger partial charge on any atom is 0.185 e. The van der Waals surface area contributed by atoms with Crippen LogP contribution in [-0.4, -0.2) is 38.3 Å². The lowest BCUT2D eigenvalue weighted by atomic mass is 10.3. The Morgan fingerprint density at radius 2 is 2.50 bits per heavy atom. The normalized spacial score (nSPS) is 22.7. The highest BCUT2D eigenvalue weighted by molar-refractivity contribution is 7.15. The summed E-state index contributed by atoms with van der Waals surface area (Å²) in [5, 5.41) is 4.35. The van der Waals surface area contributed by atoms with E-state index in [1.54, 1.807) is 18.4 Å². The number of nitrogens with zero attached hydrogens (tertiary/aromatic N) is 2. The van der Waals surface area contributed by atoms with Gasteiger partial charge in [-0.25, -0.2) is 4.98 Å². The SMILES string of the molecule is CNC(C)c1cnc(N2CCC(OC)C2)s1. The van der Waals surface area contributed by atoms with E-state index in [4.69, 9.17) is 4.74 Å². The third-order valence-electron chi connectivity index (χ3n) is 3.12. The number of rotatable bonds is 4. The zero-order valence-corrected chi connectivity index (χ0v) is 10.9. The Labute approximate surface area is 101 Å². The van der Waals surface area contributed by atoms with Crippen molar-refractivity contribution < 1.29 is 4.74 Å². The molecule has 1 fully saturated rings. The molecule has 0 aromatic carbocycles. The van der Waals surface area contributed by atoms with Gasteiger partial charge in [0.15, 0.2) is 5.13 Å². The molecule has 0 aliphatic carbocycles. The summed E-state index contributed by atoms with van der Waals surface area (Å²) in [7, 11) is 3.76. The molecule has 1 aromatic heterocycles. The molecule has 2 rings (SSSR count). The van der Waals surface area contributed by atoms with Crippen LogP contribution >= 0.6 is 11.3 Å². The van der Waals surface area contributed by atoms with Crippen molar-refractivity contribution in [2.24, 2.45) is 0 Å². The molecule has 1 aromatic rings. The van der Waals surface area contributed by atoms with Gasteiger partial charge in [-0.15, -0.1) is 11.3 Å². The fraction of sp³-hybridized carbons (Fsp3) is 0.727. The quantitative estimate of drug-likeness (QED) is 0.870. The van der Waals surface area contributed by atoms with Gasteiger partial charge in [0.05, 0.1) is 6.10 Å². The Bertz CT molecular complexity index is 342. The van der Waals surface area contributed by atoms with Crippen LogP contribution in [0.1, 0.15) is 24.3 Å². The molecule has 0 spiro atoms. The van der Waals surface area contributed by atoms with E-state index in [-0.39, 0.29) is 0 Å². The Morgan fingerprint density at radius 1 is 1.69 bits per heavy atom. The van der Waals surface area contributed by atoms with E-state index >= 15 is 0 Å². The average molecular weight is 241 g/mol. The van der Waals surface area contributed by atoms with Gasteiger partial charge in [0.2, 0.25) is 0 Å². The molecule has 4 nitrogen and oxygen atoms in total. The van der Waals surface area contributed by atoms with Crippen LogP contribution in [0.5, 0.6) is 0 Å². The van der Waals surface area contributed by atoms with E-state index < -0.39 is 0 Å². The standard InChI is InChI=1S/C11H19N3OS/c1-8(12-2)10-6-13-11(16-10)14-5-4-9(7-14)15-3/h6,8-9,12H,4-5,7H2,1-3H3. The van der Waals surface area contributed by atoms with Crippen LogP contribution in [0, 0.1) is 0 Å². The summed E-state index contributed by atoms with van der Waals surface area (Å²) < 4.78 is 5.36. The molecule has 1 aliphatic rings. The number of hydrogen-bond donors (Lipinski definition) is 1. The highest BCUT2D eigenvalue weighted by Crippen LogP contribution is 2.29. The third-order valence-corrected chi connectivity index (χ3v) is 4.36. The zero-order chi connectivity index (χ0) is 11.5. The van der Waals surface area contributed by atoms with Gasteiger partial charge in [-0.05, 0) is 20.4 Å². The molecule has 1 saturated heterocycles. The number of aromatic nitrogens is 1. The summed E-state index contributed by atoms with van der Waals surface area (Å²) in [6.07, 6.45) is 3.45. The Kier molecular flexibility index (Phi) is 3.78. The maximum atomic E-state index is 5.36. The first-order valence-corrected chi connectivity index (χ1v) is 6.47. The van der Waals surface area contributed by atoms with Crippen molar-refractivity contribution >= 4 is 16.5 Å². The summed E-state index contributed by atoms with van der Waals surface area (Å²) in [5.74, 6) is 0. The van der Waals surface area contributed by atoms with Crippen LogP contribution in [0.4, 0.5) is 5.13 Å². The maximum absolute atomic E-state index is 5.36. The van der Waals surface area contributed by atoms with Gasteiger partial charge in [0, 0.05) is 37.3 Å². The summed E-state index contributed by atoms with van der Waals surface area (Å²) >= 11 is 1.77.